The lowest BCUT2D eigenvalue weighted by atomic mass is 9.88. The van der Waals surface area contributed by atoms with Gasteiger partial charge in [0.2, 0.25) is 5.91 Å². The summed E-state index contributed by atoms with van der Waals surface area (Å²) in [7, 11) is 0. The number of allylic oxidation sites excluding steroid dienone is 1. The molecule has 0 saturated heterocycles. The van der Waals surface area contributed by atoms with Crippen LogP contribution in [-0.4, -0.2) is 11.7 Å². The smallest absolute Gasteiger partial charge is 0.230 e. The lowest BCUT2D eigenvalue weighted by molar-refractivity contribution is -0.121. The monoisotopic (exact) mass is 366 g/mol. The highest BCUT2D eigenvalue weighted by Gasteiger charge is 2.40. The Balaban J connectivity index is 2.00. The van der Waals surface area contributed by atoms with Gasteiger partial charge in [-0.25, -0.2) is 0 Å². The van der Waals surface area contributed by atoms with Gasteiger partial charge < -0.3 is 5.32 Å². The van der Waals surface area contributed by atoms with Crippen LogP contribution >= 0.6 is 11.3 Å². The fraction of sp³-hybridized carbons (Fsp3) is 0.333. The minimum Gasteiger partial charge on any atom is -0.357 e. The minimum atomic E-state index is -0.358. The molecule has 4 rings (SSSR count). The van der Waals surface area contributed by atoms with E-state index in [1.807, 2.05) is 60.5 Å². The van der Waals surface area contributed by atoms with E-state index >= 15 is 0 Å². The van der Waals surface area contributed by atoms with Crippen LogP contribution in [0, 0.1) is 5.92 Å². The Kier molecular flexibility index (Phi) is 4.41. The molecule has 1 aromatic carbocycles. The number of nitrogens with zero attached hydrogens (tertiary/aromatic N) is 1. The summed E-state index contributed by atoms with van der Waals surface area (Å²) in [5, 5.41) is 5.48. The molecule has 0 saturated carbocycles. The summed E-state index contributed by atoms with van der Waals surface area (Å²) in [6.07, 6.45) is 2.23. The van der Waals surface area contributed by atoms with Crippen LogP contribution in [0.5, 0.6) is 0 Å². The van der Waals surface area contributed by atoms with Crippen LogP contribution in [-0.2, 0) is 9.59 Å². The SMILES string of the molecule is CC(C)C(=O)N1c2ccccc2NC2=C(C(=O)CCC2)[C@@H]1c1cccs1. The third-order valence-electron chi connectivity index (χ3n) is 4.98. The van der Waals surface area contributed by atoms with E-state index in [0.717, 1.165) is 40.4 Å². The first kappa shape index (κ1) is 17.0. The predicted octanol–water partition coefficient (Wildman–Crippen LogP) is 4.91. The average Bonchev–Trinajstić information content (AvgIpc) is 3.10. The van der Waals surface area contributed by atoms with Crippen molar-refractivity contribution in [3.8, 4) is 0 Å². The molecule has 2 aromatic rings. The molecule has 1 amide bonds. The second kappa shape index (κ2) is 6.72. The van der Waals surface area contributed by atoms with Gasteiger partial charge >= 0.3 is 0 Å². The van der Waals surface area contributed by atoms with Crippen molar-refractivity contribution in [2.24, 2.45) is 5.92 Å². The maximum Gasteiger partial charge on any atom is 0.230 e. The summed E-state index contributed by atoms with van der Waals surface area (Å²) in [4.78, 5) is 29.1. The van der Waals surface area contributed by atoms with E-state index in [1.54, 1.807) is 11.3 Å². The van der Waals surface area contributed by atoms with Gasteiger partial charge in [-0.3, -0.25) is 14.5 Å². The Morgan fingerprint density at radius 3 is 2.73 bits per heavy atom. The Hall–Kier alpha value is -2.40. The fourth-order valence-corrected chi connectivity index (χ4v) is 4.59. The van der Waals surface area contributed by atoms with Crippen molar-refractivity contribution < 1.29 is 9.59 Å². The Morgan fingerprint density at radius 2 is 2.00 bits per heavy atom. The van der Waals surface area contributed by atoms with Gasteiger partial charge in [0, 0.05) is 28.5 Å². The standard InChI is InChI=1S/C21H22N2O2S/c1-13(2)21(25)23-16-9-4-3-7-14(16)22-15-8-5-10-17(24)19(15)20(23)18-11-6-12-26-18/h3-4,6-7,9,11-13,20,22H,5,8,10H2,1-2H3/t20-/m0/s1. The summed E-state index contributed by atoms with van der Waals surface area (Å²) in [6.45, 7) is 3.82. The Bertz CT molecular complexity index is 883. The molecule has 0 fully saturated rings. The lowest BCUT2D eigenvalue weighted by Gasteiger charge is -2.34. The normalized spacial score (nSPS) is 19.7. The van der Waals surface area contributed by atoms with Gasteiger partial charge in [-0.15, -0.1) is 11.3 Å². The number of hydrogen-bond donors (Lipinski definition) is 1. The summed E-state index contributed by atoms with van der Waals surface area (Å²) in [5.41, 5.74) is 3.45. The van der Waals surface area contributed by atoms with E-state index in [2.05, 4.69) is 5.32 Å². The Labute approximate surface area is 157 Å². The van der Waals surface area contributed by atoms with Crippen LogP contribution in [0.25, 0.3) is 0 Å². The number of nitrogens with one attached hydrogen (secondary N) is 1. The first-order chi connectivity index (χ1) is 12.6. The molecule has 1 N–H and O–H groups in total. The number of para-hydroxylation sites is 2. The van der Waals surface area contributed by atoms with Gasteiger partial charge in [0.25, 0.3) is 0 Å². The Morgan fingerprint density at radius 1 is 1.19 bits per heavy atom. The van der Waals surface area contributed by atoms with E-state index in [9.17, 15) is 9.59 Å². The first-order valence-electron chi connectivity index (χ1n) is 9.06. The number of carbonyl (C=O) groups excluding carboxylic acids is 2. The number of carbonyl (C=O) groups is 2. The molecule has 5 heteroatoms. The third-order valence-corrected chi connectivity index (χ3v) is 5.91. The highest BCUT2D eigenvalue weighted by molar-refractivity contribution is 7.10. The molecule has 1 aromatic heterocycles. The molecule has 1 atom stereocenters. The molecule has 1 aliphatic carbocycles. The number of rotatable bonds is 2. The van der Waals surface area contributed by atoms with E-state index in [-0.39, 0.29) is 23.7 Å². The summed E-state index contributed by atoms with van der Waals surface area (Å²) >= 11 is 1.60. The van der Waals surface area contributed by atoms with Crippen molar-refractivity contribution in [1.82, 2.24) is 0 Å². The largest absolute Gasteiger partial charge is 0.357 e. The molecule has 0 radical (unpaired) electrons. The maximum absolute atomic E-state index is 13.3. The number of fused-ring (bicyclic) bond motifs is 1. The van der Waals surface area contributed by atoms with Crippen molar-refractivity contribution in [1.29, 1.82) is 0 Å². The van der Waals surface area contributed by atoms with Gasteiger partial charge in [0.15, 0.2) is 5.78 Å². The quantitative estimate of drug-likeness (QED) is 0.821. The zero-order valence-corrected chi connectivity index (χ0v) is 15.8. The molecule has 4 nitrogen and oxygen atoms in total. The van der Waals surface area contributed by atoms with Gasteiger partial charge in [-0.2, -0.15) is 0 Å². The maximum atomic E-state index is 13.3. The number of anilines is 2. The van der Waals surface area contributed by atoms with Crippen LogP contribution in [0.15, 0.2) is 53.0 Å². The van der Waals surface area contributed by atoms with Crippen LogP contribution in [0.3, 0.4) is 0 Å². The molecule has 0 spiro atoms. The van der Waals surface area contributed by atoms with E-state index in [0.29, 0.717) is 6.42 Å². The third kappa shape index (κ3) is 2.76. The molecule has 1 aliphatic heterocycles. The topological polar surface area (TPSA) is 49.4 Å². The van der Waals surface area contributed by atoms with Gasteiger partial charge in [0.05, 0.1) is 11.4 Å². The predicted molar refractivity (Wildman–Crippen MR) is 105 cm³/mol. The number of Topliss-reactive ketones (excluding diaryl/α,β-unsaturated/α-hetero) is 1. The van der Waals surface area contributed by atoms with Gasteiger partial charge in [0.1, 0.15) is 6.04 Å². The van der Waals surface area contributed by atoms with Crippen molar-refractivity contribution in [3.05, 3.63) is 57.9 Å². The van der Waals surface area contributed by atoms with E-state index in [4.69, 9.17) is 0 Å². The van der Waals surface area contributed by atoms with Gasteiger partial charge in [-0.1, -0.05) is 32.0 Å². The summed E-state index contributed by atoms with van der Waals surface area (Å²) < 4.78 is 0. The molecule has 134 valence electrons. The highest BCUT2D eigenvalue weighted by atomic mass is 32.1. The van der Waals surface area contributed by atoms with Crippen molar-refractivity contribution >= 4 is 34.4 Å². The number of thiophene rings is 1. The van der Waals surface area contributed by atoms with Crippen LogP contribution in [0.2, 0.25) is 0 Å². The zero-order valence-electron chi connectivity index (χ0n) is 15.0. The van der Waals surface area contributed by atoms with Crippen LogP contribution in [0.4, 0.5) is 11.4 Å². The fourth-order valence-electron chi connectivity index (χ4n) is 3.77. The molecule has 0 bridgehead atoms. The molecule has 0 unspecified atom stereocenters. The number of amides is 1. The van der Waals surface area contributed by atoms with Crippen LogP contribution < -0.4 is 10.2 Å². The second-order valence-electron chi connectivity index (χ2n) is 7.09. The first-order valence-corrected chi connectivity index (χ1v) is 9.94. The minimum absolute atomic E-state index is 0.0322. The second-order valence-corrected chi connectivity index (χ2v) is 8.07. The summed E-state index contributed by atoms with van der Waals surface area (Å²) in [5.74, 6) is 0.0163. The number of hydrogen-bond acceptors (Lipinski definition) is 4. The highest BCUT2D eigenvalue weighted by Crippen LogP contribution is 2.46. The van der Waals surface area contributed by atoms with Crippen molar-refractivity contribution in [3.63, 3.8) is 0 Å². The average molecular weight is 366 g/mol. The molecule has 2 heterocycles. The van der Waals surface area contributed by atoms with Crippen molar-refractivity contribution in [2.45, 2.75) is 39.2 Å². The molecule has 26 heavy (non-hydrogen) atoms. The van der Waals surface area contributed by atoms with Crippen LogP contribution in [0.1, 0.15) is 44.0 Å². The molecular weight excluding hydrogens is 344 g/mol. The van der Waals surface area contributed by atoms with Gasteiger partial charge in [-0.05, 0) is 36.4 Å². The lowest BCUT2D eigenvalue weighted by Crippen LogP contribution is -2.39. The summed E-state index contributed by atoms with van der Waals surface area (Å²) in [6, 6.07) is 11.5. The zero-order chi connectivity index (χ0) is 18.3. The van der Waals surface area contributed by atoms with E-state index in [1.165, 1.54) is 0 Å². The number of benzene rings is 1. The molecular formula is C21H22N2O2S. The van der Waals surface area contributed by atoms with E-state index < -0.39 is 0 Å². The molecule has 2 aliphatic rings. The number of ketones is 1. The van der Waals surface area contributed by atoms with Crippen molar-refractivity contribution in [2.75, 3.05) is 10.2 Å².